The van der Waals surface area contributed by atoms with Crippen molar-refractivity contribution >= 4 is 15.8 Å². The van der Waals surface area contributed by atoms with E-state index in [0.717, 1.165) is 0 Å². The first kappa shape index (κ1) is 15.0. The molecule has 1 aliphatic heterocycles. The Bertz CT molecular complexity index is 661. The monoisotopic (exact) mass is 298 g/mol. The molecule has 0 saturated carbocycles. The van der Waals surface area contributed by atoms with Crippen LogP contribution in [0, 0.1) is 13.8 Å². The van der Waals surface area contributed by atoms with E-state index in [4.69, 9.17) is 4.74 Å². The lowest BCUT2D eigenvalue weighted by Gasteiger charge is -2.29. The quantitative estimate of drug-likeness (QED) is 0.925. The minimum atomic E-state index is -3.36. The summed E-state index contributed by atoms with van der Waals surface area (Å²) in [6.45, 7) is 5.58. The van der Waals surface area contributed by atoms with Gasteiger partial charge in [0.1, 0.15) is 0 Å². The predicted octanol–water partition coefficient (Wildman–Crippen LogP) is 2.26. The third kappa shape index (κ3) is 2.33. The number of carboxylic acid groups (broad SMARTS) is 1. The summed E-state index contributed by atoms with van der Waals surface area (Å²) in [7, 11) is -3.36. The number of hydrogen-bond donors (Lipinski definition) is 1. The molecular formula is C14H18O5S. The van der Waals surface area contributed by atoms with Crippen molar-refractivity contribution < 1.29 is 23.1 Å². The molecule has 6 heteroatoms. The number of ether oxygens (including phenoxy) is 1. The maximum absolute atomic E-state index is 12.3. The van der Waals surface area contributed by atoms with Crippen LogP contribution >= 0.6 is 0 Å². The fourth-order valence-corrected chi connectivity index (χ4v) is 4.71. The van der Waals surface area contributed by atoms with Crippen LogP contribution in [0.3, 0.4) is 0 Å². The first-order chi connectivity index (χ1) is 9.29. The average Bonchev–Trinajstić information content (AvgIpc) is 2.35. The molecule has 0 aliphatic carbocycles. The third-order valence-corrected chi connectivity index (χ3v) is 5.59. The molecule has 0 bridgehead atoms. The van der Waals surface area contributed by atoms with E-state index in [0.29, 0.717) is 29.7 Å². The molecule has 0 fully saturated rings. The number of hydrogen-bond acceptors (Lipinski definition) is 4. The average molecular weight is 298 g/mol. The van der Waals surface area contributed by atoms with Crippen molar-refractivity contribution in [2.45, 2.75) is 38.2 Å². The molecule has 1 aromatic carbocycles. The van der Waals surface area contributed by atoms with Gasteiger partial charge in [-0.05, 0) is 44.4 Å². The van der Waals surface area contributed by atoms with Gasteiger partial charge in [-0.25, -0.2) is 13.2 Å². The Morgan fingerprint density at radius 1 is 1.45 bits per heavy atom. The summed E-state index contributed by atoms with van der Waals surface area (Å²) in [6.07, 6.45) is 0.0171. The number of carboxylic acids is 1. The number of carbonyl (C=O) groups is 1. The van der Waals surface area contributed by atoms with E-state index in [9.17, 15) is 18.3 Å². The predicted molar refractivity (Wildman–Crippen MR) is 73.9 cm³/mol. The molecule has 0 spiro atoms. The van der Waals surface area contributed by atoms with Crippen LogP contribution < -0.4 is 0 Å². The Balaban J connectivity index is 2.80. The highest BCUT2D eigenvalue weighted by Gasteiger charge is 2.35. The van der Waals surface area contributed by atoms with E-state index in [2.05, 4.69) is 0 Å². The molecule has 0 radical (unpaired) electrons. The van der Waals surface area contributed by atoms with Crippen molar-refractivity contribution in [2.24, 2.45) is 0 Å². The zero-order valence-electron chi connectivity index (χ0n) is 11.8. The first-order valence-electron chi connectivity index (χ1n) is 6.51. The molecule has 20 heavy (non-hydrogen) atoms. The second kappa shape index (κ2) is 5.18. The second-order valence-corrected chi connectivity index (χ2v) is 7.01. The third-order valence-electron chi connectivity index (χ3n) is 3.65. The maximum atomic E-state index is 12.3. The molecule has 0 saturated heterocycles. The van der Waals surface area contributed by atoms with E-state index in [1.807, 2.05) is 6.92 Å². The lowest BCUT2D eigenvalue weighted by molar-refractivity contribution is 0.0558. The van der Waals surface area contributed by atoms with Gasteiger partial charge in [0.15, 0.2) is 9.84 Å². The zero-order chi connectivity index (χ0) is 15.1. The molecule has 2 rings (SSSR count). The topological polar surface area (TPSA) is 80.7 Å². The summed E-state index contributed by atoms with van der Waals surface area (Å²) in [5.41, 5.74) is 1.63. The molecule has 0 aromatic heterocycles. The largest absolute Gasteiger partial charge is 0.478 e. The fraction of sp³-hybridized carbons (Fsp3) is 0.500. The molecule has 1 N–H and O–H groups in total. The summed E-state index contributed by atoms with van der Waals surface area (Å²) in [6, 6.07) is 1.43. The molecule has 1 heterocycles. The molecule has 5 nitrogen and oxygen atoms in total. The van der Waals surface area contributed by atoms with E-state index in [-0.39, 0.29) is 22.3 Å². The summed E-state index contributed by atoms with van der Waals surface area (Å²) in [4.78, 5) is 11.5. The Morgan fingerprint density at radius 3 is 2.65 bits per heavy atom. The SMILES string of the molecule is CCOC1CCS(=O)(=O)c2c(C)cc(C(=O)O)c(C)c21. The van der Waals surface area contributed by atoms with E-state index >= 15 is 0 Å². The smallest absolute Gasteiger partial charge is 0.335 e. The van der Waals surface area contributed by atoms with E-state index in [1.165, 1.54) is 6.07 Å². The fourth-order valence-electron chi connectivity index (χ4n) is 2.82. The minimum absolute atomic E-state index is 0.0391. The Morgan fingerprint density at radius 2 is 2.10 bits per heavy atom. The van der Waals surface area contributed by atoms with Crippen molar-refractivity contribution in [2.75, 3.05) is 12.4 Å². The maximum Gasteiger partial charge on any atom is 0.335 e. The van der Waals surface area contributed by atoms with Crippen LogP contribution in [0.15, 0.2) is 11.0 Å². The molecule has 110 valence electrons. The van der Waals surface area contributed by atoms with E-state index in [1.54, 1.807) is 13.8 Å². The van der Waals surface area contributed by atoms with Gasteiger partial charge in [0.2, 0.25) is 0 Å². The molecule has 0 amide bonds. The second-order valence-electron chi connectivity index (χ2n) is 4.97. The summed E-state index contributed by atoms with van der Waals surface area (Å²) in [5.74, 6) is -1.01. The van der Waals surface area contributed by atoms with Crippen LogP contribution in [0.4, 0.5) is 0 Å². The van der Waals surface area contributed by atoms with Gasteiger partial charge in [0, 0.05) is 12.2 Å². The normalized spacial score (nSPS) is 20.4. The first-order valence-corrected chi connectivity index (χ1v) is 8.16. The molecule has 1 atom stereocenters. The number of sulfone groups is 1. The van der Waals surface area contributed by atoms with Crippen LogP contribution in [0.2, 0.25) is 0 Å². The number of benzene rings is 1. The van der Waals surface area contributed by atoms with Crippen LogP contribution in [0.1, 0.15) is 46.5 Å². The van der Waals surface area contributed by atoms with Gasteiger partial charge in [-0.2, -0.15) is 0 Å². The van der Waals surface area contributed by atoms with Gasteiger partial charge in [-0.3, -0.25) is 0 Å². The van der Waals surface area contributed by atoms with Gasteiger partial charge >= 0.3 is 5.97 Å². The molecule has 1 aromatic rings. The molecular weight excluding hydrogens is 280 g/mol. The number of aromatic carboxylic acids is 1. The van der Waals surface area contributed by atoms with Crippen molar-refractivity contribution in [1.29, 1.82) is 0 Å². The van der Waals surface area contributed by atoms with Crippen LogP contribution in [-0.2, 0) is 14.6 Å². The van der Waals surface area contributed by atoms with Crippen molar-refractivity contribution in [3.05, 3.63) is 28.3 Å². The zero-order valence-corrected chi connectivity index (χ0v) is 12.6. The molecule has 1 aliphatic rings. The van der Waals surface area contributed by atoms with Gasteiger partial charge in [0.05, 0.1) is 22.3 Å². The van der Waals surface area contributed by atoms with Crippen molar-refractivity contribution in [3.8, 4) is 0 Å². The summed E-state index contributed by atoms with van der Waals surface area (Å²) in [5, 5.41) is 9.25. The highest BCUT2D eigenvalue weighted by Crippen LogP contribution is 2.39. The summed E-state index contributed by atoms with van der Waals surface area (Å²) < 4.78 is 30.2. The van der Waals surface area contributed by atoms with Crippen LogP contribution in [0.5, 0.6) is 0 Å². The van der Waals surface area contributed by atoms with Gasteiger partial charge < -0.3 is 9.84 Å². The van der Waals surface area contributed by atoms with Crippen LogP contribution in [-0.4, -0.2) is 31.9 Å². The Kier molecular flexibility index (Phi) is 3.88. The van der Waals surface area contributed by atoms with Gasteiger partial charge in [0.25, 0.3) is 0 Å². The number of fused-ring (bicyclic) bond motifs is 1. The summed E-state index contributed by atoms with van der Waals surface area (Å²) >= 11 is 0. The highest BCUT2D eigenvalue weighted by molar-refractivity contribution is 7.91. The number of rotatable bonds is 3. The molecule has 1 unspecified atom stereocenters. The van der Waals surface area contributed by atoms with Gasteiger partial charge in [-0.1, -0.05) is 0 Å². The van der Waals surface area contributed by atoms with Gasteiger partial charge in [-0.15, -0.1) is 0 Å². The Labute approximate surface area is 118 Å². The lowest BCUT2D eigenvalue weighted by Crippen LogP contribution is -2.25. The lowest BCUT2D eigenvalue weighted by atomic mass is 9.94. The number of aryl methyl sites for hydroxylation is 1. The van der Waals surface area contributed by atoms with E-state index < -0.39 is 15.8 Å². The Hall–Kier alpha value is -1.40. The minimum Gasteiger partial charge on any atom is -0.478 e. The van der Waals surface area contributed by atoms with Crippen LogP contribution in [0.25, 0.3) is 0 Å². The van der Waals surface area contributed by atoms with Crippen molar-refractivity contribution in [3.63, 3.8) is 0 Å². The highest BCUT2D eigenvalue weighted by atomic mass is 32.2. The standard InChI is InChI=1S/C14H18O5S/c1-4-19-11-5-6-20(17,18)13-8(2)7-10(14(15)16)9(3)12(11)13/h7,11H,4-6H2,1-3H3,(H,15,16). The van der Waals surface area contributed by atoms with Crippen molar-refractivity contribution in [1.82, 2.24) is 0 Å².